The van der Waals surface area contributed by atoms with Gasteiger partial charge in [-0.1, -0.05) is 42.5 Å². The molecule has 0 radical (unpaired) electrons. The van der Waals surface area contributed by atoms with Crippen molar-refractivity contribution >= 4 is 0 Å². The molecule has 6 nitrogen and oxygen atoms in total. The van der Waals surface area contributed by atoms with Crippen LogP contribution < -0.4 is 14.0 Å². The Kier molecular flexibility index (Phi) is 4.47. The van der Waals surface area contributed by atoms with Crippen molar-refractivity contribution in [3.05, 3.63) is 91.3 Å². The van der Waals surface area contributed by atoms with Crippen molar-refractivity contribution in [3.63, 3.8) is 0 Å². The van der Waals surface area contributed by atoms with E-state index in [1.807, 2.05) is 91.3 Å². The summed E-state index contributed by atoms with van der Waals surface area (Å²) in [4.78, 5) is 13.0. The maximum Gasteiger partial charge on any atom is 0.447 e. The fraction of sp³-hybridized carbons (Fsp3) is 0. The second-order valence-electron chi connectivity index (χ2n) is 5.31. The van der Waals surface area contributed by atoms with Gasteiger partial charge in [-0.3, -0.25) is 0 Å². The molecule has 0 fully saturated rings. The molecular weight excluding hydrogens is 328 g/mol. The fourth-order valence-electron chi connectivity index (χ4n) is 2.25. The van der Waals surface area contributed by atoms with Crippen LogP contribution in [0.25, 0.3) is 5.95 Å². The van der Waals surface area contributed by atoms with E-state index in [0.29, 0.717) is 17.4 Å². The van der Waals surface area contributed by atoms with Crippen molar-refractivity contribution in [1.82, 2.24) is 15.0 Å². The number of hydrogen-bond acceptors (Lipinski definition) is 5. The number of benzene rings is 2. The van der Waals surface area contributed by atoms with Gasteiger partial charge in [-0.15, -0.1) is 4.98 Å². The molecule has 2 heterocycles. The highest BCUT2D eigenvalue weighted by molar-refractivity contribution is 5.27. The van der Waals surface area contributed by atoms with Gasteiger partial charge in [0.15, 0.2) is 0 Å². The summed E-state index contributed by atoms with van der Waals surface area (Å²) >= 11 is 0. The molecule has 26 heavy (non-hydrogen) atoms. The second-order valence-corrected chi connectivity index (χ2v) is 5.31. The van der Waals surface area contributed by atoms with E-state index < -0.39 is 0 Å². The van der Waals surface area contributed by atoms with Gasteiger partial charge in [0.2, 0.25) is 0 Å². The first-order chi connectivity index (χ1) is 12.9. The van der Waals surface area contributed by atoms with Crippen LogP contribution in [0.4, 0.5) is 0 Å². The third-order valence-corrected chi connectivity index (χ3v) is 3.43. The highest BCUT2D eigenvalue weighted by atomic mass is 16.5. The molecule has 4 rings (SSSR count). The Morgan fingerprint density at radius 1 is 0.538 bits per heavy atom. The van der Waals surface area contributed by atoms with Gasteiger partial charge >= 0.3 is 18.0 Å². The molecule has 0 aliphatic carbocycles. The minimum Gasteiger partial charge on any atom is -0.412 e. The predicted molar refractivity (Wildman–Crippen MR) is 94.4 cm³/mol. The first-order valence-corrected chi connectivity index (χ1v) is 8.05. The lowest BCUT2D eigenvalue weighted by molar-refractivity contribution is -0.603. The molecule has 2 aromatic carbocycles. The minimum absolute atomic E-state index is 0.156. The SMILES string of the molecule is c1ccc(Oc2nc(Oc3ccccc3)nc(-[n+]3ccccc3)n2)cc1. The standard InChI is InChI=1S/C20H15N4O2/c1-4-10-16(11-5-1)25-19-21-18(24-14-8-3-9-15-24)22-20(23-19)26-17-12-6-2-7-13-17/h1-15H/q+1. The Morgan fingerprint density at radius 2 is 1.00 bits per heavy atom. The first-order valence-electron chi connectivity index (χ1n) is 8.05. The predicted octanol–water partition coefficient (Wildman–Crippen LogP) is 3.73. The molecule has 6 heteroatoms. The van der Waals surface area contributed by atoms with Gasteiger partial charge in [0, 0.05) is 0 Å². The van der Waals surface area contributed by atoms with Crippen molar-refractivity contribution in [1.29, 1.82) is 0 Å². The summed E-state index contributed by atoms with van der Waals surface area (Å²) in [6, 6.07) is 24.7. The lowest BCUT2D eigenvalue weighted by atomic mass is 10.3. The number of rotatable bonds is 5. The summed E-state index contributed by atoms with van der Waals surface area (Å²) in [5, 5.41) is 0. The van der Waals surface area contributed by atoms with E-state index in [2.05, 4.69) is 15.0 Å². The summed E-state index contributed by atoms with van der Waals surface area (Å²) in [5.41, 5.74) is 0. The maximum atomic E-state index is 5.76. The summed E-state index contributed by atoms with van der Waals surface area (Å²) in [6.07, 6.45) is 3.68. The molecule has 0 spiro atoms. The Hall–Kier alpha value is -3.80. The number of ether oxygens (including phenoxy) is 2. The first kappa shape index (κ1) is 15.7. The van der Waals surface area contributed by atoms with Crippen LogP contribution in [-0.2, 0) is 0 Å². The van der Waals surface area contributed by atoms with Crippen LogP contribution in [0.2, 0.25) is 0 Å². The molecule has 0 aliphatic rings. The van der Waals surface area contributed by atoms with Crippen LogP contribution in [0.3, 0.4) is 0 Å². The third kappa shape index (κ3) is 3.81. The Balaban J connectivity index is 1.72. The Morgan fingerprint density at radius 3 is 1.50 bits per heavy atom. The molecule has 0 atom stereocenters. The van der Waals surface area contributed by atoms with E-state index in [0.717, 1.165) is 0 Å². The molecule has 0 aliphatic heterocycles. The van der Waals surface area contributed by atoms with E-state index in [-0.39, 0.29) is 12.0 Å². The number of pyridine rings is 1. The second kappa shape index (κ2) is 7.40. The lowest BCUT2D eigenvalue weighted by Gasteiger charge is -2.04. The van der Waals surface area contributed by atoms with Crippen LogP contribution in [0.15, 0.2) is 91.3 Å². The Labute approximate surface area is 150 Å². The van der Waals surface area contributed by atoms with Gasteiger partial charge in [0.25, 0.3) is 0 Å². The smallest absolute Gasteiger partial charge is 0.412 e. The van der Waals surface area contributed by atoms with Crippen molar-refractivity contribution in [2.45, 2.75) is 0 Å². The van der Waals surface area contributed by atoms with Crippen LogP contribution in [0.1, 0.15) is 0 Å². The van der Waals surface area contributed by atoms with Crippen LogP contribution >= 0.6 is 0 Å². The largest absolute Gasteiger partial charge is 0.447 e. The van der Waals surface area contributed by atoms with E-state index in [4.69, 9.17) is 9.47 Å². The van der Waals surface area contributed by atoms with E-state index >= 15 is 0 Å². The van der Waals surface area contributed by atoms with Crippen molar-refractivity contribution in [3.8, 4) is 29.5 Å². The minimum atomic E-state index is 0.156. The summed E-state index contributed by atoms with van der Waals surface area (Å²) in [5.74, 6) is 1.67. The molecule has 4 aromatic rings. The molecule has 0 unspecified atom stereocenters. The zero-order valence-corrected chi connectivity index (χ0v) is 13.8. The van der Waals surface area contributed by atoms with Gasteiger partial charge in [-0.05, 0) is 46.4 Å². The topological polar surface area (TPSA) is 61.0 Å². The van der Waals surface area contributed by atoms with Crippen LogP contribution in [0.5, 0.6) is 23.5 Å². The van der Waals surface area contributed by atoms with E-state index in [1.54, 1.807) is 4.57 Å². The number of hydrogen-bond donors (Lipinski definition) is 0. The maximum absolute atomic E-state index is 5.76. The number of nitrogens with zero attached hydrogens (tertiary/aromatic N) is 4. The number of aromatic nitrogens is 4. The average molecular weight is 343 g/mol. The van der Waals surface area contributed by atoms with Gasteiger partial charge in [-0.2, -0.15) is 0 Å². The summed E-state index contributed by atoms with van der Waals surface area (Å²) in [6.45, 7) is 0. The quantitative estimate of drug-likeness (QED) is 0.517. The molecular formula is C20H15N4O2+. The molecule has 0 bridgehead atoms. The zero-order chi connectivity index (χ0) is 17.6. The summed E-state index contributed by atoms with van der Waals surface area (Å²) in [7, 11) is 0. The van der Waals surface area contributed by atoms with Crippen molar-refractivity contribution < 1.29 is 14.0 Å². The Bertz CT molecular complexity index is 921. The summed E-state index contributed by atoms with van der Waals surface area (Å²) < 4.78 is 13.3. The van der Waals surface area contributed by atoms with E-state index in [9.17, 15) is 0 Å². The molecule has 0 N–H and O–H groups in total. The van der Waals surface area contributed by atoms with Gasteiger partial charge < -0.3 is 9.47 Å². The van der Waals surface area contributed by atoms with E-state index in [1.165, 1.54) is 0 Å². The molecule has 2 aromatic heterocycles. The molecule has 126 valence electrons. The average Bonchev–Trinajstić information content (AvgIpc) is 2.70. The van der Waals surface area contributed by atoms with Gasteiger partial charge in [0.1, 0.15) is 11.5 Å². The highest BCUT2D eigenvalue weighted by Crippen LogP contribution is 2.22. The van der Waals surface area contributed by atoms with Crippen LogP contribution in [0, 0.1) is 0 Å². The highest BCUT2D eigenvalue weighted by Gasteiger charge is 2.20. The number of para-hydroxylation sites is 2. The normalized spacial score (nSPS) is 10.3. The lowest BCUT2D eigenvalue weighted by Crippen LogP contribution is -2.32. The van der Waals surface area contributed by atoms with Crippen molar-refractivity contribution in [2.75, 3.05) is 0 Å². The monoisotopic (exact) mass is 343 g/mol. The molecule has 0 amide bonds. The molecule has 0 saturated carbocycles. The van der Waals surface area contributed by atoms with Crippen LogP contribution in [-0.4, -0.2) is 15.0 Å². The third-order valence-electron chi connectivity index (χ3n) is 3.43. The van der Waals surface area contributed by atoms with Gasteiger partial charge in [-0.25, -0.2) is 4.57 Å². The fourth-order valence-corrected chi connectivity index (χ4v) is 2.25. The van der Waals surface area contributed by atoms with Gasteiger partial charge in [0.05, 0.1) is 12.4 Å². The zero-order valence-electron chi connectivity index (χ0n) is 13.8. The molecule has 0 saturated heterocycles. The van der Waals surface area contributed by atoms with Crippen molar-refractivity contribution in [2.24, 2.45) is 0 Å².